The molecule has 0 radical (unpaired) electrons. The van der Waals surface area contributed by atoms with E-state index in [4.69, 9.17) is 14.2 Å². The number of hydrogen-bond acceptors (Lipinski definition) is 7. The van der Waals surface area contributed by atoms with Crippen LogP contribution >= 0.6 is 11.3 Å². The van der Waals surface area contributed by atoms with Crippen molar-refractivity contribution in [1.29, 1.82) is 0 Å². The summed E-state index contributed by atoms with van der Waals surface area (Å²) < 4.78 is 32.7. The van der Waals surface area contributed by atoms with Crippen molar-refractivity contribution < 1.29 is 23.4 Å². The number of aromatic nitrogens is 3. The number of carbonyl (C=O) groups excluding carboxylic acids is 1. The average Bonchev–Trinajstić information content (AvgIpc) is 3.75. The molecule has 2 unspecified atom stereocenters. The zero-order valence-corrected chi connectivity index (χ0v) is 23.0. The maximum Gasteiger partial charge on any atom is 0.280 e. The molecule has 1 N–H and O–H groups in total. The molecule has 5 aromatic rings. The van der Waals surface area contributed by atoms with E-state index >= 15 is 0 Å². The minimum Gasteiger partial charge on any atom is -0.488 e. The first kappa shape index (κ1) is 26.5. The summed E-state index contributed by atoms with van der Waals surface area (Å²) in [6.45, 7) is 2.05. The summed E-state index contributed by atoms with van der Waals surface area (Å²) in [6.07, 6.45) is 5.45. The van der Waals surface area contributed by atoms with E-state index in [2.05, 4.69) is 15.4 Å². The van der Waals surface area contributed by atoms with Crippen molar-refractivity contribution in [2.24, 2.45) is 0 Å². The van der Waals surface area contributed by atoms with Gasteiger partial charge < -0.3 is 19.5 Å². The van der Waals surface area contributed by atoms with Gasteiger partial charge in [-0.05, 0) is 55.0 Å². The van der Waals surface area contributed by atoms with Crippen LogP contribution in [-0.4, -0.2) is 39.6 Å². The zero-order valence-electron chi connectivity index (χ0n) is 22.2. The standard InChI is InChI=1S/C31H27FN4O4S/c1-20-16-33-31(41-20)30(37)35-27(15-26-18-38-19-39-26)29(13-21-5-3-2-4-6-21)40-25-11-12-28-22(14-25)17-34-36(28)24-9-7-23(32)8-10-24/h2-12,14,16-18,27,29H,13,15,19H2,1H3,(H,35,37). The van der Waals surface area contributed by atoms with Crippen molar-refractivity contribution in [2.45, 2.75) is 31.9 Å². The molecule has 3 aromatic carbocycles. The van der Waals surface area contributed by atoms with Crippen LogP contribution in [0.5, 0.6) is 5.75 Å². The molecule has 1 amide bonds. The van der Waals surface area contributed by atoms with Gasteiger partial charge in [-0.25, -0.2) is 14.1 Å². The van der Waals surface area contributed by atoms with E-state index in [1.54, 1.807) is 35.5 Å². The van der Waals surface area contributed by atoms with E-state index in [1.165, 1.54) is 23.5 Å². The molecule has 41 heavy (non-hydrogen) atoms. The molecule has 0 fully saturated rings. The van der Waals surface area contributed by atoms with Gasteiger partial charge in [-0.1, -0.05) is 30.3 Å². The molecule has 0 spiro atoms. The maximum atomic E-state index is 13.4. The molecule has 0 saturated carbocycles. The molecular weight excluding hydrogens is 543 g/mol. The van der Waals surface area contributed by atoms with Crippen molar-refractivity contribution >= 4 is 28.1 Å². The summed E-state index contributed by atoms with van der Waals surface area (Å²) >= 11 is 1.34. The van der Waals surface area contributed by atoms with Gasteiger partial charge in [0.05, 0.1) is 23.4 Å². The second kappa shape index (κ2) is 11.8. The summed E-state index contributed by atoms with van der Waals surface area (Å²) in [7, 11) is 0. The number of nitrogens with one attached hydrogen (secondary N) is 1. The third-order valence-corrected chi connectivity index (χ3v) is 7.62. The van der Waals surface area contributed by atoms with Crippen LogP contribution in [0.1, 0.15) is 26.7 Å². The van der Waals surface area contributed by atoms with Crippen LogP contribution in [0.25, 0.3) is 16.6 Å². The van der Waals surface area contributed by atoms with Crippen molar-refractivity contribution in [2.75, 3.05) is 6.79 Å². The number of halogens is 1. The first-order valence-electron chi connectivity index (χ1n) is 13.1. The quantitative estimate of drug-likeness (QED) is 0.223. The molecule has 208 valence electrons. The molecule has 1 aliphatic heterocycles. The maximum absolute atomic E-state index is 13.4. The van der Waals surface area contributed by atoms with Crippen LogP contribution in [-0.2, 0) is 15.9 Å². The molecule has 2 atom stereocenters. The lowest BCUT2D eigenvalue weighted by atomic mass is 9.98. The Morgan fingerprint density at radius 3 is 2.66 bits per heavy atom. The second-order valence-electron chi connectivity index (χ2n) is 9.67. The van der Waals surface area contributed by atoms with E-state index in [1.807, 2.05) is 55.5 Å². The Bertz CT molecular complexity index is 1680. The van der Waals surface area contributed by atoms with Gasteiger partial charge in [-0.15, -0.1) is 11.3 Å². The third-order valence-electron chi connectivity index (χ3n) is 6.71. The summed E-state index contributed by atoms with van der Waals surface area (Å²) in [4.78, 5) is 18.5. The topological polar surface area (TPSA) is 87.5 Å². The van der Waals surface area contributed by atoms with E-state index in [9.17, 15) is 9.18 Å². The molecule has 6 rings (SSSR count). The highest BCUT2D eigenvalue weighted by molar-refractivity contribution is 7.13. The number of fused-ring (bicyclic) bond motifs is 1. The van der Waals surface area contributed by atoms with Crippen LogP contribution in [0.3, 0.4) is 0 Å². The SMILES string of the molecule is Cc1cnc(C(=O)NC(CC2=COCO2)C(Cc2ccccc2)Oc2ccc3c(cnn3-c3ccc(F)cc3)c2)s1. The minimum atomic E-state index is -0.461. The van der Waals surface area contributed by atoms with Gasteiger partial charge in [0.1, 0.15) is 29.7 Å². The third kappa shape index (κ3) is 6.22. The van der Waals surface area contributed by atoms with Gasteiger partial charge in [0, 0.05) is 29.3 Å². The fraction of sp³-hybridized carbons (Fsp3) is 0.194. The molecule has 1 aliphatic rings. The van der Waals surface area contributed by atoms with Crippen LogP contribution < -0.4 is 10.1 Å². The first-order valence-corrected chi connectivity index (χ1v) is 13.9. The van der Waals surface area contributed by atoms with Crippen LogP contribution in [0.15, 0.2) is 97.2 Å². The van der Waals surface area contributed by atoms with Crippen molar-refractivity contribution in [1.82, 2.24) is 20.1 Å². The zero-order chi connectivity index (χ0) is 28.2. The van der Waals surface area contributed by atoms with Gasteiger partial charge in [0.15, 0.2) is 5.01 Å². The number of benzene rings is 3. The smallest absolute Gasteiger partial charge is 0.280 e. The highest BCUT2D eigenvalue weighted by Crippen LogP contribution is 2.27. The van der Waals surface area contributed by atoms with Crippen LogP contribution in [0.4, 0.5) is 4.39 Å². The van der Waals surface area contributed by atoms with Crippen LogP contribution in [0, 0.1) is 12.7 Å². The van der Waals surface area contributed by atoms with Crippen molar-refractivity contribution in [3.05, 3.63) is 118 Å². The predicted molar refractivity (Wildman–Crippen MR) is 153 cm³/mol. The van der Waals surface area contributed by atoms with Gasteiger partial charge in [-0.3, -0.25) is 4.79 Å². The number of amides is 1. The van der Waals surface area contributed by atoms with Crippen molar-refractivity contribution in [3.8, 4) is 11.4 Å². The van der Waals surface area contributed by atoms with Gasteiger partial charge in [0.2, 0.25) is 6.79 Å². The molecule has 2 aromatic heterocycles. The minimum absolute atomic E-state index is 0.139. The van der Waals surface area contributed by atoms with Crippen LogP contribution in [0.2, 0.25) is 0 Å². The Kier molecular flexibility index (Phi) is 7.64. The molecule has 3 heterocycles. The Balaban J connectivity index is 1.31. The number of thiazole rings is 1. The van der Waals surface area contributed by atoms with Gasteiger partial charge >= 0.3 is 0 Å². The fourth-order valence-corrected chi connectivity index (χ4v) is 5.39. The van der Waals surface area contributed by atoms with E-state index in [-0.39, 0.29) is 18.5 Å². The summed E-state index contributed by atoms with van der Waals surface area (Å²) in [5, 5.41) is 8.89. The Morgan fingerprint density at radius 1 is 1.10 bits per heavy atom. The number of rotatable bonds is 10. The normalized spacial score (nSPS) is 14.1. The van der Waals surface area contributed by atoms with Gasteiger partial charge in [-0.2, -0.15) is 5.10 Å². The van der Waals surface area contributed by atoms with E-state index < -0.39 is 12.1 Å². The lowest BCUT2D eigenvalue weighted by molar-refractivity contribution is 0.0684. The summed E-state index contributed by atoms with van der Waals surface area (Å²) in [5.74, 6) is 0.676. The van der Waals surface area contributed by atoms with Gasteiger partial charge in [0.25, 0.3) is 5.91 Å². The summed E-state index contributed by atoms with van der Waals surface area (Å²) in [6, 6.07) is 21.4. The second-order valence-corrected chi connectivity index (χ2v) is 10.9. The number of ether oxygens (including phenoxy) is 3. The average molecular weight is 571 g/mol. The lowest BCUT2D eigenvalue weighted by Crippen LogP contribution is -2.47. The Labute approximate surface area is 240 Å². The number of carbonyl (C=O) groups is 1. The Morgan fingerprint density at radius 2 is 1.93 bits per heavy atom. The monoisotopic (exact) mass is 570 g/mol. The van der Waals surface area contributed by atoms with E-state index in [0.717, 1.165) is 27.0 Å². The fourth-order valence-electron chi connectivity index (χ4n) is 4.72. The predicted octanol–water partition coefficient (Wildman–Crippen LogP) is 5.95. The molecular formula is C31H27FN4O4S. The summed E-state index contributed by atoms with van der Waals surface area (Å²) in [5.41, 5.74) is 2.67. The number of aryl methyl sites for hydroxylation is 1. The largest absolute Gasteiger partial charge is 0.488 e. The number of nitrogens with zero attached hydrogens (tertiary/aromatic N) is 3. The number of hydrogen-bond donors (Lipinski definition) is 1. The molecule has 0 saturated heterocycles. The molecule has 0 bridgehead atoms. The highest BCUT2D eigenvalue weighted by Gasteiger charge is 2.30. The molecule has 0 aliphatic carbocycles. The van der Waals surface area contributed by atoms with Crippen molar-refractivity contribution in [3.63, 3.8) is 0 Å². The van der Waals surface area contributed by atoms with E-state index in [0.29, 0.717) is 29.4 Å². The highest BCUT2D eigenvalue weighted by atomic mass is 32.1. The molecule has 8 nitrogen and oxygen atoms in total. The lowest BCUT2D eigenvalue weighted by Gasteiger charge is -2.29. The molecule has 10 heteroatoms. The Hall–Kier alpha value is -4.70. The first-order chi connectivity index (χ1) is 20.0.